The number of ether oxygens (including phenoxy) is 1. The Labute approximate surface area is 221 Å². The predicted molar refractivity (Wildman–Crippen MR) is 148 cm³/mol. The van der Waals surface area contributed by atoms with Gasteiger partial charge in [-0.15, -0.1) is 0 Å². The number of nitriles is 1. The number of alkyl halides is 2. The lowest BCUT2D eigenvalue weighted by Crippen LogP contribution is -2.35. The highest BCUT2D eigenvalue weighted by Gasteiger charge is 2.36. The summed E-state index contributed by atoms with van der Waals surface area (Å²) in [6.07, 6.45) is 4.34. The van der Waals surface area contributed by atoms with E-state index in [-0.39, 0.29) is 25.7 Å². The summed E-state index contributed by atoms with van der Waals surface area (Å²) in [4.78, 5) is 17.8. The van der Waals surface area contributed by atoms with Gasteiger partial charge in [0.1, 0.15) is 6.10 Å². The van der Waals surface area contributed by atoms with E-state index in [0.29, 0.717) is 5.56 Å². The molecule has 0 aliphatic heterocycles. The van der Waals surface area contributed by atoms with Gasteiger partial charge < -0.3 is 4.74 Å². The van der Waals surface area contributed by atoms with Crippen LogP contribution < -0.4 is 4.90 Å². The topological polar surface area (TPSA) is 65.7 Å². The number of unbranched alkanes of at least 4 members (excludes halogenated alkanes) is 1. The summed E-state index contributed by atoms with van der Waals surface area (Å²) < 4.78 is 31.5. The first-order valence-corrected chi connectivity index (χ1v) is 13.0. The van der Waals surface area contributed by atoms with Crippen LogP contribution in [-0.4, -0.2) is 31.4 Å². The number of halogens is 2. The number of benzene rings is 2. The van der Waals surface area contributed by atoms with Gasteiger partial charge in [0.05, 0.1) is 17.3 Å². The lowest BCUT2D eigenvalue weighted by molar-refractivity contribution is -0.0647. The molecule has 7 heteroatoms. The van der Waals surface area contributed by atoms with Crippen LogP contribution in [-0.2, 0) is 11.2 Å². The number of carbonyl (C=O) groups is 1. The van der Waals surface area contributed by atoms with Crippen LogP contribution in [0.4, 0.5) is 25.0 Å². The van der Waals surface area contributed by atoms with Gasteiger partial charge in [0.2, 0.25) is 5.92 Å². The smallest absolute Gasteiger partial charge is 0.414 e. The van der Waals surface area contributed by atoms with E-state index in [1.165, 1.54) is 17.7 Å². The maximum Gasteiger partial charge on any atom is 0.414 e. The minimum atomic E-state index is -2.61. The number of anilines is 1. The van der Waals surface area contributed by atoms with Crippen molar-refractivity contribution in [2.75, 3.05) is 11.9 Å². The third kappa shape index (κ3) is 11.1. The molecule has 5 nitrogen and oxygen atoms in total. The van der Waals surface area contributed by atoms with Crippen LogP contribution in [0.5, 0.6) is 0 Å². The van der Waals surface area contributed by atoms with Crippen molar-refractivity contribution in [1.29, 1.82) is 5.26 Å². The molecule has 1 fully saturated rings. The summed E-state index contributed by atoms with van der Waals surface area (Å²) in [5.41, 5.74) is 4.49. The van der Waals surface area contributed by atoms with Crippen molar-refractivity contribution < 1.29 is 18.3 Å². The Morgan fingerprint density at radius 3 is 2.30 bits per heavy atom. The molecular weight excluding hydrogens is 472 g/mol. The highest BCUT2D eigenvalue weighted by molar-refractivity contribution is 5.88. The Kier molecular flexibility index (Phi) is 14.1. The largest absolute Gasteiger partial charge is 0.446 e. The van der Waals surface area contributed by atoms with Crippen molar-refractivity contribution in [1.82, 2.24) is 0 Å². The zero-order valence-electron chi connectivity index (χ0n) is 23.1. The Hall–Kier alpha value is -3.27. The number of aliphatic imine (C=N–C) groups is 1. The second-order valence-corrected chi connectivity index (χ2v) is 8.98. The molecule has 1 aliphatic rings. The van der Waals surface area contributed by atoms with Gasteiger partial charge in [0.25, 0.3) is 0 Å². The van der Waals surface area contributed by atoms with E-state index in [9.17, 15) is 13.6 Å². The molecule has 0 spiro atoms. The van der Waals surface area contributed by atoms with Gasteiger partial charge in [-0.05, 0) is 68.5 Å². The van der Waals surface area contributed by atoms with E-state index in [4.69, 9.17) is 10.00 Å². The fraction of sp³-hybridized carbons (Fsp3) is 0.500. The summed E-state index contributed by atoms with van der Waals surface area (Å²) in [5, 5.41) is 8.59. The first-order valence-electron chi connectivity index (χ1n) is 13.0. The number of carbonyl (C=O) groups excluding carboxylic acids is 1. The molecular formula is C30H41F2N3O2. The molecule has 0 saturated heterocycles. The fourth-order valence-electron chi connectivity index (χ4n) is 3.60. The molecule has 0 radical (unpaired) electrons. The monoisotopic (exact) mass is 513 g/mol. The molecule has 1 amide bonds. The van der Waals surface area contributed by atoms with Crippen LogP contribution in [0.25, 0.3) is 0 Å². The number of aryl methyl sites for hydroxylation is 2. The maximum atomic E-state index is 13.1. The van der Waals surface area contributed by atoms with E-state index < -0.39 is 18.1 Å². The van der Waals surface area contributed by atoms with Crippen LogP contribution in [0.3, 0.4) is 0 Å². The lowest BCUT2D eigenvalue weighted by Gasteiger charge is -2.29. The summed E-state index contributed by atoms with van der Waals surface area (Å²) in [6.45, 7) is 10.2. The number of rotatable bonds is 5. The third-order valence-electron chi connectivity index (χ3n) is 6.03. The van der Waals surface area contributed by atoms with Gasteiger partial charge in [0.15, 0.2) is 0 Å². The van der Waals surface area contributed by atoms with Gasteiger partial charge in [-0.1, -0.05) is 51.8 Å². The molecule has 202 valence electrons. The van der Waals surface area contributed by atoms with E-state index in [2.05, 4.69) is 24.9 Å². The zero-order chi connectivity index (χ0) is 27.8. The number of para-hydroxylation sites is 1. The van der Waals surface area contributed by atoms with Gasteiger partial charge in [-0.3, -0.25) is 9.89 Å². The van der Waals surface area contributed by atoms with Crippen molar-refractivity contribution in [2.24, 2.45) is 4.99 Å². The molecule has 0 atom stereocenters. The standard InChI is InChI=1S/C16H21F2NO2.C10H10N2.C4H10/c1-3-12-6-4-5-7-14(12)19(2)15(20)21-13-8-10-16(17,18)11-9-13;1-3-12-10-5-4-9(7-11)6-8(10)2;1-3-4-2/h4-7,13H,3,8-11H2,1-2H3;3-6H,1-2H3;3-4H2,1-2H3. The van der Waals surface area contributed by atoms with Crippen LogP contribution >= 0.6 is 0 Å². The van der Waals surface area contributed by atoms with E-state index in [1.54, 1.807) is 19.3 Å². The van der Waals surface area contributed by atoms with Gasteiger partial charge in [-0.25, -0.2) is 13.6 Å². The summed E-state index contributed by atoms with van der Waals surface area (Å²) in [5.74, 6) is -2.61. The van der Waals surface area contributed by atoms with Crippen LogP contribution in [0.15, 0.2) is 47.5 Å². The molecule has 0 unspecified atom stereocenters. The number of hydrogen-bond acceptors (Lipinski definition) is 4. The zero-order valence-corrected chi connectivity index (χ0v) is 23.1. The average molecular weight is 514 g/mol. The molecule has 0 N–H and O–H groups in total. The predicted octanol–water partition coefficient (Wildman–Crippen LogP) is 8.80. The Morgan fingerprint density at radius 2 is 1.78 bits per heavy atom. The van der Waals surface area contributed by atoms with E-state index >= 15 is 0 Å². The Bertz CT molecular complexity index is 1040. The molecule has 3 rings (SSSR count). The second-order valence-electron chi connectivity index (χ2n) is 8.98. The Morgan fingerprint density at radius 1 is 1.16 bits per heavy atom. The first-order chi connectivity index (χ1) is 17.6. The molecule has 1 aliphatic carbocycles. The first kappa shape index (κ1) is 31.8. The third-order valence-corrected chi connectivity index (χ3v) is 6.03. The minimum Gasteiger partial charge on any atom is -0.446 e. The highest BCUT2D eigenvalue weighted by atomic mass is 19.3. The van der Waals surface area contributed by atoms with Crippen molar-refractivity contribution in [2.45, 2.75) is 91.6 Å². The Balaban J connectivity index is 0.000000360. The van der Waals surface area contributed by atoms with Gasteiger partial charge >= 0.3 is 6.09 Å². The number of hydrogen-bond donors (Lipinski definition) is 0. The van der Waals surface area contributed by atoms with E-state index in [1.807, 2.05) is 57.2 Å². The average Bonchev–Trinajstić information content (AvgIpc) is 2.91. The molecule has 0 aromatic heterocycles. The summed E-state index contributed by atoms with van der Waals surface area (Å²) in [6, 6.07) is 15.1. The normalized spacial score (nSPS) is 14.5. The quantitative estimate of drug-likeness (QED) is 0.375. The molecule has 0 heterocycles. The number of amides is 1. The number of nitrogens with zero attached hydrogens (tertiary/aromatic N) is 3. The van der Waals surface area contributed by atoms with Crippen molar-refractivity contribution in [3.05, 3.63) is 59.2 Å². The molecule has 1 saturated carbocycles. The molecule has 2 aromatic carbocycles. The summed E-state index contributed by atoms with van der Waals surface area (Å²) >= 11 is 0. The van der Waals surface area contributed by atoms with Crippen molar-refractivity contribution in [3.63, 3.8) is 0 Å². The minimum absolute atomic E-state index is 0.208. The van der Waals surface area contributed by atoms with Crippen LogP contribution in [0.2, 0.25) is 0 Å². The molecule has 2 aromatic rings. The lowest BCUT2D eigenvalue weighted by atomic mass is 9.94. The van der Waals surface area contributed by atoms with Crippen LogP contribution in [0, 0.1) is 18.3 Å². The van der Waals surface area contributed by atoms with Crippen molar-refractivity contribution >= 4 is 23.7 Å². The second kappa shape index (κ2) is 16.5. The van der Waals surface area contributed by atoms with Gasteiger partial charge in [-0.2, -0.15) is 5.26 Å². The molecule has 37 heavy (non-hydrogen) atoms. The highest BCUT2D eigenvalue weighted by Crippen LogP contribution is 2.34. The molecule has 0 bridgehead atoms. The van der Waals surface area contributed by atoms with Gasteiger partial charge in [0, 0.05) is 31.8 Å². The van der Waals surface area contributed by atoms with Crippen LogP contribution in [0.1, 0.15) is 82.9 Å². The maximum absolute atomic E-state index is 13.1. The SMILES string of the molecule is CC=Nc1ccc(C#N)cc1C.CCCC.CCc1ccccc1N(C)C(=O)OC1CCC(F)(F)CC1. The fourth-order valence-corrected chi connectivity index (χ4v) is 3.60. The van der Waals surface area contributed by atoms with E-state index in [0.717, 1.165) is 28.9 Å². The summed E-state index contributed by atoms with van der Waals surface area (Å²) in [7, 11) is 1.65. The van der Waals surface area contributed by atoms with Crippen molar-refractivity contribution in [3.8, 4) is 6.07 Å².